The summed E-state index contributed by atoms with van der Waals surface area (Å²) in [5.41, 5.74) is 4.12. The van der Waals surface area contributed by atoms with Gasteiger partial charge in [-0.25, -0.2) is 0 Å². The number of methoxy groups -OCH3 is 1. The van der Waals surface area contributed by atoms with Gasteiger partial charge in [0.2, 0.25) is 5.91 Å². The molecule has 2 aromatic rings. The Morgan fingerprint density at radius 3 is 2.38 bits per heavy atom. The normalized spacial score (nSPS) is 10.5. The molecule has 0 radical (unpaired) electrons. The number of aryl methyl sites for hydroxylation is 2. The molecular weight excluding hydrogens is 322 g/mol. The van der Waals surface area contributed by atoms with Gasteiger partial charge in [-0.1, -0.05) is 43.6 Å². The van der Waals surface area contributed by atoms with Gasteiger partial charge in [-0.3, -0.25) is 4.79 Å². The van der Waals surface area contributed by atoms with Crippen molar-refractivity contribution in [3.8, 4) is 5.75 Å². The molecule has 0 aromatic heterocycles. The van der Waals surface area contributed by atoms with E-state index in [9.17, 15) is 4.79 Å². The summed E-state index contributed by atoms with van der Waals surface area (Å²) in [5, 5.41) is 3.78. The third-order valence-corrected chi connectivity index (χ3v) is 4.49. The van der Waals surface area contributed by atoms with Crippen LogP contribution in [0.5, 0.6) is 5.75 Å². The van der Waals surface area contributed by atoms with E-state index >= 15 is 0 Å². The molecule has 0 saturated heterocycles. The highest BCUT2D eigenvalue weighted by atomic mass is 35.5. The Bertz CT molecular complexity index is 696. The van der Waals surface area contributed by atoms with Crippen LogP contribution in [0.25, 0.3) is 0 Å². The molecule has 0 aliphatic heterocycles. The minimum absolute atomic E-state index is 0.0116. The van der Waals surface area contributed by atoms with Crippen LogP contribution in [-0.2, 0) is 24.1 Å². The first-order valence-corrected chi connectivity index (χ1v) is 8.69. The van der Waals surface area contributed by atoms with E-state index in [-0.39, 0.29) is 5.91 Å². The van der Waals surface area contributed by atoms with E-state index in [1.54, 1.807) is 7.11 Å². The Balaban J connectivity index is 2.05. The summed E-state index contributed by atoms with van der Waals surface area (Å²) in [6.45, 7) is 4.13. The van der Waals surface area contributed by atoms with Gasteiger partial charge in [0.1, 0.15) is 5.75 Å². The lowest BCUT2D eigenvalue weighted by Gasteiger charge is -2.16. The quantitative estimate of drug-likeness (QED) is 0.763. The second-order valence-corrected chi connectivity index (χ2v) is 6.07. The molecule has 0 saturated carbocycles. The number of halogens is 1. The van der Waals surface area contributed by atoms with Crippen molar-refractivity contribution in [3.63, 3.8) is 0 Å². The fraction of sp³-hybridized carbons (Fsp3) is 0.350. The highest BCUT2D eigenvalue weighted by molar-refractivity contribution is 6.32. The van der Waals surface area contributed by atoms with Crippen LogP contribution >= 0.6 is 11.6 Å². The maximum atomic E-state index is 12.4. The maximum Gasteiger partial charge on any atom is 0.224 e. The summed E-state index contributed by atoms with van der Waals surface area (Å²) in [4.78, 5) is 12.4. The number of hydrogen-bond acceptors (Lipinski definition) is 2. The van der Waals surface area contributed by atoms with E-state index in [4.69, 9.17) is 16.3 Å². The predicted molar refractivity (Wildman–Crippen MR) is 100 cm³/mol. The van der Waals surface area contributed by atoms with Crippen molar-refractivity contribution >= 4 is 23.2 Å². The van der Waals surface area contributed by atoms with Crippen LogP contribution in [0.15, 0.2) is 36.4 Å². The molecule has 128 valence electrons. The number of anilines is 1. The first-order valence-electron chi connectivity index (χ1n) is 8.32. The molecule has 24 heavy (non-hydrogen) atoms. The number of ether oxygens (including phenoxy) is 1. The number of amides is 1. The highest BCUT2D eigenvalue weighted by Gasteiger charge is 2.13. The van der Waals surface area contributed by atoms with E-state index < -0.39 is 0 Å². The van der Waals surface area contributed by atoms with Crippen LogP contribution in [-0.4, -0.2) is 13.0 Å². The van der Waals surface area contributed by atoms with E-state index in [1.807, 2.05) is 43.3 Å². The van der Waals surface area contributed by atoms with Crippen LogP contribution in [0, 0.1) is 0 Å². The summed E-state index contributed by atoms with van der Waals surface area (Å²) in [6.07, 6.45) is 2.78. The van der Waals surface area contributed by atoms with Crippen molar-refractivity contribution in [2.24, 2.45) is 0 Å². The number of benzene rings is 2. The van der Waals surface area contributed by atoms with Crippen molar-refractivity contribution < 1.29 is 9.53 Å². The average molecular weight is 346 g/mol. The van der Waals surface area contributed by atoms with E-state index in [1.165, 1.54) is 0 Å². The van der Waals surface area contributed by atoms with Crippen LogP contribution in [0.3, 0.4) is 0 Å². The molecule has 2 aromatic carbocycles. The SMILES string of the molecule is CCc1ccc(Cl)c(CC)c1NC(=O)CCc1ccc(OC)cc1. The molecule has 0 fully saturated rings. The standard InChI is InChI=1S/C20H24ClNO2/c1-4-15-9-12-18(21)17(5-2)20(15)22-19(23)13-8-14-6-10-16(24-3)11-7-14/h6-7,9-12H,4-5,8,13H2,1-3H3,(H,22,23). The second kappa shape index (κ2) is 8.74. The first-order chi connectivity index (χ1) is 11.6. The summed E-state index contributed by atoms with van der Waals surface area (Å²) >= 11 is 6.28. The van der Waals surface area contributed by atoms with Crippen molar-refractivity contribution in [3.05, 3.63) is 58.1 Å². The zero-order valence-electron chi connectivity index (χ0n) is 14.5. The summed E-state index contributed by atoms with van der Waals surface area (Å²) in [6, 6.07) is 11.7. The number of nitrogens with one attached hydrogen (secondary N) is 1. The van der Waals surface area contributed by atoms with Gasteiger partial charge < -0.3 is 10.1 Å². The number of rotatable bonds is 7. The molecule has 2 rings (SSSR count). The topological polar surface area (TPSA) is 38.3 Å². The molecule has 1 N–H and O–H groups in total. The monoisotopic (exact) mass is 345 g/mol. The molecule has 0 atom stereocenters. The molecular formula is C20H24ClNO2. The van der Waals surface area contributed by atoms with Crippen molar-refractivity contribution in [1.29, 1.82) is 0 Å². The zero-order chi connectivity index (χ0) is 17.5. The summed E-state index contributed by atoms with van der Waals surface area (Å²) in [5.74, 6) is 0.833. The van der Waals surface area contributed by atoms with Gasteiger partial charge in [-0.15, -0.1) is 0 Å². The fourth-order valence-electron chi connectivity index (χ4n) is 2.72. The predicted octanol–water partition coefficient (Wildman–Crippen LogP) is 5.04. The molecule has 0 spiro atoms. The zero-order valence-corrected chi connectivity index (χ0v) is 15.2. The smallest absolute Gasteiger partial charge is 0.224 e. The third-order valence-electron chi connectivity index (χ3n) is 4.14. The minimum atomic E-state index is 0.0116. The Morgan fingerprint density at radius 2 is 1.79 bits per heavy atom. The number of carbonyl (C=O) groups is 1. The van der Waals surface area contributed by atoms with Crippen LogP contribution < -0.4 is 10.1 Å². The van der Waals surface area contributed by atoms with Crippen molar-refractivity contribution in [2.75, 3.05) is 12.4 Å². The molecule has 0 heterocycles. The fourth-order valence-corrected chi connectivity index (χ4v) is 3.01. The molecule has 3 nitrogen and oxygen atoms in total. The second-order valence-electron chi connectivity index (χ2n) is 5.66. The van der Waals surface area contributed by atoms with E-state index in [0.29, 0.717) is 17.9 Å². The Kier molecular flexibility index (Phi) is 6.68. The first kappa shape index (κ1) is 18.3. The van der Waals surface area contributed by atoms with E-state index in [2.05, 4.69) is 12.2 Å². The average Bonchev–Trinajstić information content (AvgIpc) is 2.61. The summed E-state index contributed by atoms with van der Waals surface area (Å²) < 4.78 is 5.14. The summed E-state index contributed by atoms with van der Waals surface area (Å²) in [7, 11) is 1.64. The lowest BCUT2D eigenvalue weighted by molar-refractivity contribution is -0.116. The van der Waals surface area contributed by atoms with Gasteiger partial charge in [0.15, 0.2) is 0 Å². The number of carbonyl (C=O) groups excluding carboxylic acids is 1. The lowest BCUT2D eigenvalue weighted by Crippen LogP contribution is -2.15. The van der Waals surface area contributed by atoms with Gasteiger partial charge >= 0.3 is 0 Å². The largest absolute Gasteiger partial charge is 0.497 e. The van der Waals surface area contributed by atoms with Gasteiger partial charge in [0.05, 0.1) is 7.11 Å². The Morgan fingerprint density at radius 1 is 1.08 bits per heavy atom. The molecule has 0 aliphatic carbocycles. The maximum absolute atomic E-state index is 12.4. The minimum Gasteiger partial charge on any atom is -0.497 e. The Hall–Kier alpha value is -2.00. The molecule has 0 unspecified atom stereocenters. The molecule has 4 heteroatoms. The van der Waals surface area contributed by atoms with Crippen molar-refractivity contribution in [2.45, 2.75) is 39.5 Å². The lowest BCUT2D eigenvalue weighted by atomic mass is 10.0. The highest BCUT2D eigenvalue weighted by Crippen LogP contribution is 2.29. The van der Waals surface area contributed by atoms with Gasteiger partial charge in [0, 0.05) is 17.1 Å². The van der Waals surface area contributed by atoms with Gasteiger partial charge in [0.25, 0.3) is 0 Å². The molecule has 0 aliphatic rings. The number of hydrogen-bond donors (Lipinski definition) is 1. The van der Waals surface area contributed by atoms with Crippen LogP contribution in [0.1, 0.15) is 37.0 Å². The molecule has 1 amide bonds. The molecule has 0 bridgehead atoms. The van der Waals surface area contributed by atoms with Crippen molar-refractivity contribution in [1.82, 2.24) is 0 Å². The third kappa shape index (κ3) is 4.51. The van der Waals surface area contributed by atoms with E-state index in [0.717, 1.165) is 41.0 Å². The van der Waals surface area contributed by atoms with Crippen LogP contribution in [0.2, 0.25) is 5.02 Å². The van der Waals surface area contributed by atoms with Gasteiger partial charge in [-0.05, 0) is 54.2 Å². The van der Waals surface area contributed by atoms with Crippen LogP contribution in [0.4, 0.5) is 5.69 Å². The van der Waals surface area contributed by atoms with Gasteiger partial charge in [-0.2, -0.15) is 0 Å². The Labute approximate surface area is 149 Å².